The average molecular weight is 187 g/mol. The van der Waals surface area contributed by atoms with Crippen molar-refractivity contribution in [3.05, 3.63) is 0 Å². The Morgan fingerprint density at radius 1 is 1.50 bits per heavy atom. The van der Waals surface area contributed by atoms with E-state index in [2.05, 4.69) is 0 Å². The van der Waals surface area contributed by atoms with Gasteiger partial charge in [-0.15, -0.1) is 0 Å². The molecule has 1 atom stereocenters. The second-order valence-electron chi connectivity index (χ2n) is 2.26. The molecule has 0 fully saturated rings. The highest BCUT2D eigenvalue weighted by Crippen LogP contribution is 2.23. The normalized spacial score (nSPS) is 14.2. The van der Waals surface area contributed by atoms with E-state index in [1.807, 2.05) is 0 Å². The number of nitrogens with zero attached hydrogens (tertiary/aromatic N) is 1. The lowest BCUT2D eigenvalue weighted by atomic mass is 10.3. The summed E-state index contributed by atoms with van der Waals surface area (Å²) in [6.45, 7) is 1.51. The summed E-state index contributed by atoms with van der Waals surface area (Å²) in [7, 11) is 1.11. The maximum absolute atomic E-state index is 12.2. The Morgan fingerprint density at radius 3 is 2.17 bits per heavy atom. The summed E-state index contributed by atoms with van der Waals surface area (Å²) in [5.41, 5.74) is 0. The van der Waals surface area contributed by atoms with E-state index in [0.29, 0.717) is 4.90 Å². The van der Waals surface area contributed by atoms with Crippen molar-refractivity contribution in [2.45, 2.75) is 19.3 Å². The zero-order chi connectivity index (χ0) is 9.94. The third kappa shape index (κ3) is 2.67. The van der Waals surface area contributed by atoms with E-state index in [1.54, 1.807) is 0 Å². The highest BCUT2D eigenvalue weighted by atomic mass is 19.4. The Bertz CT molecular complexity index is 167. The molecule has 0 radical (unpaired) electrons. The first-order valence-electron chi connectivity index (χ1n) is 3.26. The van der Waals surface area contributed by atoms with Crippen molar-refractivity contribution in [2.75, 3.05) is 13.6 Å². The molecule has 0 bridgehead atoms. The predicted molar refractivity (Wildman–Crippen MR) is 34.3 cm³/mol. The lowest BCUT2D eigenvalue weighted by Crippen LogP contribution is -2.42. The van der Waals surface area contributed by atoms with Gasteiger partial charge in [0.2, 0.25) is 0 Å². The van der Waals surface area contributed by atoms with Crippen LogP contribution in [0.1, 0.15) is 6.92 Å². The Labute approximate surface area is 67.1 Å². The summed E-state index contributed by atoms with van der Waals surface area (Å²) >= 11 is 0. The number of amides is 1. The monoisotopic (exact) mass is 187 g/mol. The van der Waals surface area contributed by atoms with Crippen LogP contribution in [0.5, 0.6) is 0 Å². The molecule has 0 aromatic heterocycles. The number of hydrogen-bond acceptors (Lipinski definition) is 1. The number of rotatable bonds is 2. The molecule has 0 N–H and O–H groups in total. The molecule has 1 amide bonds. The predicted octanol–water partition coefficient (Wildman–Crippen LogP) is 1.37. The van der Waals surface area contributed by atoms with Gasteiger partial charge in [0.05, 0.1) is 0 Å². The molecule has 0 aromatic rings. The Morgan fingerprint density at radius 2 is 1.92 bits per heavy atom. The molecule has 0 saturated carbocycles. The van der Waals surface area contributed by atoms with Gasteiger partial charge in [-0.2, -0.15) is 13.2 Å². The van der Waals surface area contributed by atoms with Gasteiger partial charge < -0.3 is 4.90 Å². The molecule has 0 saturated heterocycles. The van der Waals surface area contributed by atoms with Crippen LogP contribution in [0, 0.1) is 0 Å². The highest BCUT2D eigenvalue weighted by Gasteiger charge is 2.46. The molecular formula is C6H9F4NO. The Balaban J connectivity index is 4.30. The van der Waals surface area contributed by atoms with E-state index in [0.717, 1.165) is 7.05 Å². The second-order valence-corrected chi connectivity index (χ2v) is 2.26. The maximum Gasteiger partial charge on any atom is 0.428 e. The SMILES string of the molecule is CCN(C)C(=O)C(F)C(F)(F)F. The van der Waals surface area contributed by atoms with Gasteiger partial charge in [0.1, 0.15) is 0 Å². The molecule has 6 heteroatoms. The van der Waals surface area contributed by atoms with E-state index in [-0.39, 0.29) is 6.54 Å². The van der Waals surface area contributed by atoms with Gasteiger partial charge in [-0.1, -0.05) is 0 Å². The highest BCUT2D eigenvalue weighted by molar-refractivity contribution is 5.81. The minimum Gasteiger partial charge on any atom is -0.343 e. The molecular weight excluding hydrogens is 178 g/mol. The van der Waals surface area contributed by atoms with Gasteiger partial charge in [-0.25, -0.2) is 4.39 Å². The van der Waals surface area contributed by atoms with Gasteiger partial charge in [-0.3, -0.25) is 4.79 Å². The average Bonchev–Trinajstić information content (AvgIpc) is 1.98. The number of carbonyl (C=O) groups is 1. The van der Waals surface area contributed by atoms with Crippen LogP contribution in [-0.2, 0) is 4.79 Å². The van der Waals surface area contributed by atoms with Gasteiger partial charge in [-0.05, 0) is 6.92 Å². The van der Waals surface area contributed by atoms with E-state index < -0.39 is 18.3 Å². The topological polar surface area (TPSA) is 20.3 Å². The lowest BCUT2D eigenvalue weighted by molar-refractivity contribution is -0.192. The number of alkyl halides is 4. The fourth-order valence-corrected chi connectivity index (χ4v) is 0.489. The van der Waals surface area contributed by atoms with Gasteiger partial charge in [0.15, 0.2) is 0 Å². The van der Waals surface area contributed by atoms with E-state index in [9.17, 15) is 22.4 Å². The molecule has 0 aromatic carbocycles. The third-order valence-corrected chi connectivity index (χ3v) is 1.35. The molecule has 72 valence electrons. The molecule has 12 heavy (non-hydrogen) atoms. The zero-order valence-corrected chi connectivity index (χ0v) is 6.65. The molecule has 0 heterocycles. The third-order valence-electron chi connectivity index (χ3n) is 1.35. The minimum atomic E-state index is -5.10. The number of hydrogen-bond donors (Lipinski definition) is 0. The molecule has 0 aliphatic heterocycles. The van der Waals surface area contributed by atoms with Gasteiger partial charge in [0, 0.05) is 13.6 Å². The van der Waals surface area contributed by atoms with Crippen LogP contribution in [0.4, 0.5) is 17.6 Å². The first-order chi connectivity index (χ1) is 5.30. The minimum absolute atomic E-state index is 0.0509. The van der Waals surface area contributed by atoms with Crippen molar-refractivity contribution in [2.24, 2.45) is 0 Å². The van der Waals surface area contributed by atoms with E-state index >= 15 is 0 Å². The van der Waals surface area contributed by atoms with Crippen LogP contribution in [0.3, 0.4) is 0 Å². The summed E-state index contributed by atoms with van der Waals surface area (Å²) in [5, 5.41) is 0. The summed E-state index contributed by atoms with van der Waals surface area (Å²) in [6, 6.07) is 0. The van der Waals surface area contributed by atoms with Crippen LogP contribution in [-0.4, -0.2) is 36.7 Å². The maximum atomic E-state index is 12.2. The Kier molecular flexibility index (Phi) is 3.48. The fourth-order valence-electron chi connectivity index (χ4n) is 0.489. The first kappa shape index (κ1) is 11.2. The van der Waals surface area contributed by atoms with Crippen molar-refractivity contribution in [3.8, 4) is 0 Å². The van der Waals surface area contributed by atoms with Crippen LogP contribution >= 0.6 is 0 Å². The van der Waals surface area contributed by atoms with E-state index in [4.69, 9.17) is 0 Å². The molecule has 2 nitrogen and oxygen atoms in total. The quantitative estimate of drug-likeness (QED) is 0.598. The van der Waals surface area contributed by atoms with Crippen molar-refractivity contribution < 1.29 is 22.4 Å². The van der Waals surface area contributed by atoms with Gasteiger partial charge in [0.25, 0.3) is 12.1 Å². The summed E-state index contributed by atoms with van der Waals surface area (Å²) < 4.78 is 46.9. The van der Waals surface area contributed by atoms with Crippen LogP contribution in [0.2, 0.25) is 0 Å². The lowest BCUT2D eigenvalue weighted by Gasteiger charge is -2.18. The largest absolute Gasteiger partial charge is 0.428 e. The Hall–Kier alpha value is -0.810. The molecule has 0 aliphatic rings. The fraction of sp³-hybridized carbons (Fsp3) is 0.833. The standard InChI is InChI=1S/C6H9F4NO/c1-3-11(2)5(12)4(7)6(8,9)10/h4H,3H2,1-2H3. The van der Waals surface area contributed by atoms with E-state index in [1.165, 1.54) is 6.92 Å². The smallest absolute Gasteiger partial charge is 0.343 e. The first-order valence-corrected chi connectivity index (χ1v) is 3.26. The zero-order valence-electron chi connectivity index (χ0n) is 6.65. The molecule has 1 unspecified atom stereocenters. The van der Waals surface area contributed by atoms with Gasteiger partial charge >= 0.3 is 6.18 Å². The molecule has 0 rings (SSSR count). The van der Waals surface area contributed by atoms with Crippen molar-refractivity contribution in [3.63, 3.8) is 0 Å². The van der Waals surface area contributed by atoms with Crippen LogP contribution in [0.15, 0.2) is 0 Å². The number of carbonyl (C=O) groups excluding carboxylic acids is 1. The molecule has 0 spiro atoms. The van der Waals surface area contributed by atoms with Crippen molar-refractivity contribution in [1.29, 1.82) is 0 Å². The summed E-state index contributed by atoms with van der Waals surface area (Å²) in [4.78, 5) is 11.2. The summed E-state index contributed by atoms with van der Waals surface area (Å²) in [5.74, 6) is -1.55. The molecule has 0 aliphatic carbocycles. The van der Waals surface area contributed by atoms with Crippen molar-refractivity contribution in [1.82, 2.24) is 4.90 Å². The summed E-state index contributed by atoms with van der Waals surface area (Å²) in [6.07, 6.45) is -8.50. The van der Waals surface area contributed by atoms with Crippen LogP contribution in [0.25, 0.3) is 0 Å². The van der Waals surface area contributed by atoms with Crippen LogP contribution < -0.4 is 0 Å². The van der Waals surface area contributed by atoms with Crippen molar-refractivity contribution >= 4 is 5.91 Å². The second kappa shape index (κ2) is 3.73. The number of halogens is 4.